The van der Waals surface area contributed by atoms with Gasteiger partial charge in [-0.25, -0.2) is 4.79 Å². The lowest BCUT2D eigenvalue weighted by Gasteiger charge is -2.38. The highest BCUT2D eigenvalue weighted by Crippen LogP contribution is 2.24. The van der Waals surface area contributed by atoms with Gasteiger partial charge in [-0.3, -0.25) is 4.90 Å². The van der Waals surface area contributed by atoms with E-state index < -0.39 is 0 Å². The van der Waals surface area contributed by atoms with E-state index in [1.165, 1.54) is 25.7 Å². The molecule has 0 aromatic rings. The van der Waals surface area contributed by atoms with Gasteiger partial charge in [0.1, 0.15) is 0 Å². The molecule has 2 saturated heterocycles. The maximum atomic E-state index is 12.1. The van der Waals surface area contributed by atoms with Crippen LogP contribution in [-0.4, -0.2) is 67.3 Å². The summed E-state index contributed by atoms with van der Waals surface area (Å²) in [4.78, 5) is 16.7. The van der Waals surface area contributed by atoms with Crippen molar-refractivity contribution in [3.8, 4) is 0 Å². The van der Waals surface area contributed by atoms with E-state index in [1.54, 1.807) is 0 Å². The topological polar surface area (TPSA) is 44.8 Å². The van der Waals surface area contributed by atoms with E-state index in [1.807, 2.05) is 4.90 Å². The van der Waals surface area contributed by atoms with Crippen LogP contribution >= 0.6 is 0 Å². The fourth-order valence-electron chi connectivity index (χ4n) is 3.68. The van der Waals surface area contributed by atoms with Crippen LogP contribution in [0.5, 0.6) is 0 Å². The molecule has 0 bridgehead atoms. The minimum Gasteiger partial charge on any atom is -0.376 e. The third kappa shape index (κ3) is 3.44. The molecular weight excluding hydrogens is 254 g/mol. The summed E-state index contributed by atoms with van der Waals surface area (Å²) in [7, 11) is 0. The number of carbonyl (C=O) groups excluding carboxylic acids is 1. The smallest absolute Gasteiger partial charge is 0.317 e. The Morgan fingerprint density at radius 2 is 1.80 bits per heavy atom. The first-order chi connectivity index (χ1) is 9.83. The van der Waals surface area contributed by atoms with Gasteiger partial charge >= 0.3 is 6.03 Å². The number of carbonyl (C=O) groups is 1. The molecule has 1 atom stereocenters. The number of amides is 2. The van der Waals surface area contributed by atoms with Crippen LogP contribution in [0.1, 0.15) is 38.5 Å². The zero-order valence-electron chi connectivity index (χ0n) is 12.4. The monoisotopic (exact) mass is 281 g/mol. The molecule has 2 heterocycles. The lowest BCUT2D eigenvalue weighted by atomic mass is 10.2. The van der Waals surface area contributed by atoms with Crippen molar-refractivity contribution in [2.75, 3.05) is 39.3 Å². The second-order valence-corrected chi connectivity index (χ2v) is 6.28. The van der Waals surface area contributed by atoms with Crippen molar-refractivity contribution in [3.05, 3.63) is 0 Å². The van der Waals surface area contributed by atoms with E-state index >= 15 is 0 Å². The Morgan fingerprint density at radius 3 is 2.45 bits per heavy atom. The molecule has 0 spiro atoms. The van der Waals surface area contributed by atoms with Crippen LogP contribution in [0.4, 0.5) is 4.79 Å². The Kier molecular flexibility index (Phi) is 4.78. The minimum absolute atomic E-state index is 0.0894. The van der Waals surface area contributed by atoms with Crippen LogP contribution in [0.25, 0.3) is 0 Å². The summed E-state index contributed by atoms with van der Waals surface area (Å²) >= 11 is 0. The molecule has 3 aliphatic rings. The molecule has 20 heavy (non-hydrogen) atoms. The highest BCUT2D eigenvalue weighted by Gasteiger charge is 2.28. The Hall–Kier alpha value is -0.810. The van der Waals surface area contributed by atoms with Crippen molar-refractivity contribution in [3.63, 3.8) is 0 Å². The summed E-state index contributed by atoms with van der Waals surface area (Å²) in [6.07, 6.45) is 7.91. The average Bonchev–Trinajstić information content (AvgIpc) is 3.18. The predicted octanol–water partition coefficient (Wildman–Crippen LogP) is 1.44. The molecular formula is C15H27N3O2. The summed E-state index contributed by atoms with van der Waals surface area (Å²) < 4.78 is 5.53. The van der Waals surface area contributed by atoms with E-state index in [9.17, 15) is 4.79 Å². The van der Waals surface area contributed by atoms with Gasteiger partial charge in [-0.2, -0.15) is 0 Å². The van der Waals surface area contributed by atoms with E-state index in [2.05, 4.69) is 10.2 Å². The summed E-state index contributed by atoms with van der Waals surface area (Å²) in [5, 5.41) is 3.02. The maximum absolute atomic E-state index is 12.1. The lowest BCUT2D eigenvalue weighted by Crippen LogP contribution is -2.54. The summed E-state index contributed by atoms with van der Waals surface area (Å²) in [6, 6.07) is 0.874. The largest absolute Gasteiger partial charge is 0.376 e. The van der Waals surface area contributed by atoms with E-state index in [0.717, 1.165) is 51.7 Å². The normalized spacial score (nSPS) is 29.0. The van der Waals surface area contributed by atoms with Gasteiger partial charge in [0.25, 0.3) is 0 Å². The Labute approximate surface area is 121 Å². The van der Waals surface area contributed by atoms with Crippen LogP contribution < -0.4 is 5.32 Å². The number of piperazine rings is 1. The second kappa shape index (κ2) is 6.76. The number of hydrogen-bond donors (Lipinski definition) is 1. The summed E-state index contributed by atoms with van der Waals surface area (Å²) in [6.45, 7) is 5.33. The fourth-order valence-corrected chi connectivity index (χ4v) is 3.68. The summed E-state index contributed by atoms with van der Waals surface area (Å²) in [5.74, 6) is 0. The van der Waals surface area contributed by atoms with Gasteiger partial charge in [0.15, 0.2) is 0 Å². The van der Waals surface area contributed by atoms with Crippen molar-refractivity contribution in [2.45, 2.75) is 50.7 Å². The molecule has 3 rings (SSSR count). The zero-order valence-corrected chi connectivity index (χ0v) is 12.4. The Balaban J connectivity index is 1.37. The van der Waals surface area contributed by atoms with Gasteiger partial charge in [-0.15, -0.1) is 0 Å². The van der Waals surface area contributed by atoms with Gasteiger partial charge in [-0.05, 0) is 25.7 Å². The molecule has 5 nitrogen and oxygen atoms in total. The molecule has 1 N–H and O–H groups in total. The summed E-state index contributed by atoms with van der Waals surface area (Å²) in [5.41, 5.74) is 0. The van der Waals surface area contributed by atoms with Crippen LogP contribution in [0, 0.1) is 0 Å². The molecule has 0 radical (unpaired) electrons. The number of nitrogens with zero attached hydrogens (tertiary/aromatic N) is 2. The molecule has 2 amide bonds. The molecule has 5 heteroatoms. The van der Waals surface area contributed by atoms with Crippen LogP contribution in [0.2, 0.25) is 0 Å². The first-order valence-electron chi connectivity index (χ1n) is 8.21. The average molecular weight is 281 g/mol. The highest BCUT2D eigenvalue weighted by atomic mass is 16.5. The van der Waals surface area contributed by atoms with Gasteiger partial charge in [0, 0.05) is 45.4 Å². The molecule has 0 aromatic carbocycles. The first kappa shape index (κ1) is 14.1. The molecule has 1 saturated carbocycles. The molecule has 0 aromatic heterocycles. The van der Waals surface area contributed by atoms with Crippen molar-refractivity contribution in [1.82, 2.24) is 15.1 Å². The van der Waals surface area contributed by atoms with Gasteiger partial charge in [0.05, 0.1) is 6.10 Å². The van der Waals surface area contributed by atoms with Crippen LogP contribution in [0.3, 0.4) is 0 Å². The molecule has 114 valence electrons. The van der Waals surface area contributed by atoms with Gasteiger partial charge in [-0.1, -0.05) is 12.8 Å². The molecule has 3 fully saturated rings. The Morgan fingerprint density at radius 1 is 1.05 bits per heavy atom. The third-order valence-electron chi connectivity index (χ3n) is 4.95. The number of nitrogens with one attached hydrogen (secondary N) is 1. The second-order valence-electron chi connectivity index (χ2n) is 6.28. The molecule has 1 unspecified atom stereocenters. The van der Waals surface area contributed by atoms with Crippen LogP contribution in [-0.2, 0) is 4.74 Å². The van der Waals surface area contributed by atoms with Crippen molar-refractivity contribution in [1.29, 1.82) is 0 Å². The van der Waals surface area contributed by atoms with Gasteiger partial charge < -0.3 is 15.0 Å². The first-order valence-corrected chi connectivity index (χ1v) is 8.21. The minimum atomic E-state index is 0.0894. The van der Waals surface area contributed by atoms with E-state index in [0.29, 0.717) is 6.54 Å². The van der Waals surface area contributed by atoms with E-state index in [-0.39, 0.29) is 12.1 Å². The Bertz CT molecular complexity index is 317. The van der Waals surface area contributed by atoms with Crippen molar-refractivity contribution < 1.29 is 9.53 Å². The quantitative estimate of drug-likeness (QED) is 0.851. The number of urea groups is 1. The van der Waals surface area contributed by atoms with Gasteiger partial charge in [0.2, 0.25) is 0 Å². The lowest BCUT2D eigenvalue weighted by molar-refractivity contribution is 0.0966. The van der Waals surface area contributed by atoms with E-state index in [4.69, 9.17) is 4.74 Å². The number of ether oxygens (including phenoxy) is 1. The predicted molar refractivity (Wildman–Crippen MR) is 77.8 cm³/mol. The third-order valence-corrected chi connectivity index (χ3v) is 4.95. The SMILES string of the molecule is O=C(NCC1CCCO1)N1CCN(C2CCCC2)CC1. The number of hydrogen-bond acceptors (Lipinski definition) is 3. The number of rotatable bonds is 3. The van der Waals surface area contributed by atoms with Crippen molar-refractivity contribution in [2.24, 2.45) is 0 Å². The van der Waals surface area contributed by atoms with Crippen LogP contribution in [0.15, 0.2) is 0 Å². The maximum Gasteiger partial charge on any atom is 0.317 e. The fraction of sp³-hybridized carbons (Fsp3) is 0.933. The molecule has 1 aliphatic carbocycles. The molecule has 2 aliphatic heterocycles. The standard InChI is InChI=1S/C15H27N3O2/c19-15(16-12-14-6-3-11-20-14)18-9-7-17(8-10-18)13-4-1-2-5-13/h13-14H,1-12H2,(H,16,19). The highest BCUT2D eigenvalue weighted by molar-refractivity contribution is 5.74. The van der Waals surface area contributed by atoms with Crippen molar-refractivity contribution >= 4 is 6.03 Å². The zero-order chi connectivity index (χ0) is 13.8.